The van der Waals surface area contributed by atoms with Crippen LogP contribution < -0.4 is 19.7 Å². The number of benzene rings is 2. The first kappa shape index (κ1) is 20.8. The van der Waals surface area contributed by atoms with Crippen LogP contribution in [0, 0.1) is 0 Å². The molecule has 1 fully saturated rings. The van der Waals surface area contributed by atoms with Gasteiger partial charge < -0.3 is 29.6 Å². The van der Waals surface area contributed by atoms with Gasteiger partial charge in [-0.2, -0.15) is 0 Å². The van der Waals surface area contributed by atoms with E-state index in [0.29, 0.717) is 24.4 Å². The minimum atomic E-state index is -0.405. The number of carbonyl (C=O) groups excluding carboxylic acids is 1. The molecular formula is C23H27N3O5. The zero-order valence-corrected chi connectivity index (χ0v) is 17.8. The molecule has 0 saturated carbocycles. The van der Waals surface area contributed by atoms with E-state index >= 15 is 0 Å². The SMILES string of the molecule is COc1ccc(N2CCC3(CC2)CC(C(=O)NCc2ccc(O)c(OC)c2)=NO3)cc1. The second-order valence-electron chi connectivity index (χ2n) is 7.86. The Labute approximate surface area is 181 Å². The van der Waals surface area contributed by atoms with E-state index in [1.165, 1.54) is 7.11 Å². The monoisotopic (exact) mass is 425 g/mol. The highest BCUT2D eigenvalue weighted by Crippen LogP contribution is 2.36. The van der Waals surface area contributed by atoms with Gasteiger partial charge in [-0.25, -0.2) is 0 Å². The quantitative estimate of drug-likeness (QED) is 0.739. The predicted octanol–water partition coefficient (Wildman–Crippen LogP) is 2.84. The molecule has 0 atom stereocenters. The van der Waals surface area contributed by atoms with Gasteiger partial charge >= 0.3 is 0 Å². The molecule has 8 heteroatoms. The third-order valence-corrected chi connectivity index (χ3v) is 5.91. The molecule has 4 rings (SSSR count). The molecule has 1 spiro atoms. The number of carbonyl (C=O) groups is 1. The van der Waals surface area contributed by atoms with Gasteiger partial charge in [0.25, 0.3) is 5.91 Å². The van der Waals surface area contributed by atoms with Crippen LogP contribution in [0.3, 0.4) is 0 Å². The fourth-order valence-corrected chi connectivity index (χ4v) is 3.99. The molecule has 1 saturated heterocycles. The highest BCUT2D eigenvalue weighted by molar-refractivity contribution is 6.39. The van der Waals surface area contributed by atoms with E-state index in [2.05, 4.69) is 27.5 Å². The number of hydrogen-bond acceptors (Lipinski definition) is 7. The normalized spacial score (nSPS) is 17.1. The fraction of sp³-hybridized carbons (Fsp3) is 0.391. The van der Waals surface area contributed by atoms with Crippen LogP contribution >= 0.6 is 0 Å². The highest BCUT2D eigenvalue weighted by atomic mass is 16.7. The van der Waals surface area contributed by atoms with Crippen LogP contribution in [0.1, 0.15) is 24.8 Å². The van der Waals surface area contributed by atoms with E-state index < -0.39 is 5.60 Å². The van der Waals surface area contributed by atoms with Crippen molar-refractivity contribution in [1.29, 1.82) is 0 Å². The van der Waals surface area contributed by atoms with Crippen molar-refractivity contribution in [3.05, 3.63) is 48.0 Å². The summed E-state index contributed by atoms with van der Waals surface area (Å²) in [5.41, 5.74) is 1.99. The van der Waals surface area contributed by atoms with Crippen molar-refractivity contribution in [2.24, 2.45) is 5.16 Å². The number of aromatic hydroxyl groups is 1. The van der Waals surface area contributed by atoms with E-state index in [0.717, 1.165) is 42.9 Å². The molecule has 2 aromatic rings. The van der Waals surface area contributed by atoms with Crippen molar-refractivity contribution < 1.29 is 24.2 Å². The van der Waals surface area contributed by atoms with Crippen LogP contribution in [-0.2, 0) is 16.2 Å². The number of methoxy groups -OCH3 is 2. The Morgan fingerprint density at radius 1 is 1.16 bits per heavy atom. The van der Waals surface area contributed by atoms with Gasteiger partial charge in [0.05, 0.1) is 14.2 Å². The standard InChI is InChI=1S/C23H27N3O5/c1-29-18-6-4-17(5-7-18)26-11-9-23(10-12-26)14-19(25-31-23)22(28)24-15-16-3-8-20(27)21(13-16)30-2/h3-8,13,27H,9-12,14-15H2,1-2H3,(H,24,28). The Kier molecular flexibility index (Phi) is 5.88. The Balaban J connectivity index is 1.29. The van der Waals surface area contributed by atoms with Crippen molar-refractivity contribution in [1.82, 2.24) is 5.32 Å². The van der Waals surface area contributed by atoms with E-state index in [1.807, 2.05) is 12.1 Å². The van der Waals surface area contributed by atoms with Gasteiger partial charge in [0.1, 0.15) is 17.1 Å². The maximum atomic E-state index is 12.6. The molecule has 2 heterocycles. The van der Waals surface area contributed by atoms with Gasteiger partial charge in [-0.15, -0.1) is 0 Å². The average Bonchev–Trinajstić information content (AvgIpc) is 3.22. The summed E-state index contributed by atoms with van der Waals surface area (Å²) in [5, 5.41) is 16.7. The lowest BCUT2D eigenvalue weighted by Crippen LogP contribution is -2.45. The van der Waals surface area contributed by atoms with Crippen LogP contribution in [0.2, 0.25) is 0 Å². The Morgan fingerprint density at radius 2 is 1.90 bits per heavy atom. The number of rotatable bonds is 6. The molecule has 8 nitrogen and oxygen atoms in total. The minimum Gasteiger partial charge on any atom is -0.504 e. The van der Waals surface area contributed by atoms with Crippen LogP contribution in [-0.4, -0.2) is 49.6 Å². The first-order valence-electron chi connectivity index (χ1n) is 10.3. The molecule has 2 N–H and O–H groups in total. The molecular weight excluding hydrogens is 398 g/mol. The fourth-order valence-electron chi connectivity index (χ4n) is 3.99. The predicted molar refractivity (Wildman–Crippen MR) is 117 cm³/mol. The Morgan fingerprint density at radius 3 is 2.58 bits per heavy atom. The summed E-state index contributed by atoms with van der Waals surface area (Å²) < 4.78 is 10.3. The minimum absolute atomic E-state index is 0.0640. The second kappa shape index (κ2) is 8.75. The first-order chi connectivity index (χ1) is 15.0. The number of phenols is 1. The summed E-state index contributed by atoms with van der Waals surface area (Å²) in [6, 6.07) is 13.0. The van der Waals surface area contributed by atoms with E-state index in [-0.39, 0.29) is 11.7 Å². The lowest BCUT2D eigenvalue weighted by molar-refractivity contribution is -0.115. The molecule has 1 amide bonds. The number of oxime groups is 1. The summed E-state index contributed by atoms with van der Waals surface area (Å²) >= 11 is 0. The molecule has 2 aromatic carbocycles. The molecule has 0 aliphatic carbocycles. The number of amides is 1. The van der Waals surface area contributed by atoms with Crippen LogP contribution in [0.5, 0.6) is 17.2 Å². The van der Waals surface area contributed by atoms with Gasteiger partial charge in [0.2, 0.25) is 0 Å². The number of piperidine rings is 1. The Bertz CT molecular complexity index is 966. The lowest BCUT2D eigenvalue weighted by Gasteiger charge is -2.38. The molecule has 0 aromatic heterocycles. The van der Waals surface area contributed by atoms with Crippen molar-refractivity contribution in [3.63, 3.8) is 0 Å². The van der Waals surface area contributed by atoms with Crippen LogP contribution in [0.15, 0.2) is 47.6 Å². The van der Waals surface area contributed by atoms with Gasteiger partial charge in [-0.05, 0) is 42.0 Å². The Hall–Kier alpha value is -3.42. The van der Waals surface area contributed by atoms with Crippen molar-refractivity contribution in [3.8, 4) is 17.2 Å². The summed E-state index contributed by atoms with van der Waals surface area (Å²) in [6.45, 7) is 1.99. The summed E-state index contributed by atoms with van der Waals surface area (Å²) in [5.74, 6) is 1.04. The molecule has 2 aliphatic heterocycles. The number of nitrogens with zero attached hydrogens (tertiary/aromatic N) is 2. The van der Waals surface area contributed by atoms with Crippen molar-refractivity contribution in [2.45, 2.75) is 31.4 Å². The second-order valence-corrected chi connectivity index (χ2v) is 7.86. The van der Waals surface area contributed by atoms with Crippen LogP contribution in [0.4, 0.5) is 5.69 Å². The topological polar surface area (TPSA) is 92.6 Å². The van der Waals surface area contributed by atoms with Gasteiger partial charge in [0.15, 0.2) is 11.5 Å². The molecule has 2 aliphatic rings. The highest BCUT2D eigenvalue weighted by Gasteiger charge is 2.43. The maximum Gasteiger partial charge on any atom is 0.269 e. The van der Waals surface area contributed by atoms with E-state index in [1.54, 1.807) is 25.3 Å². The van der Waals surface area contributed by atoms with Crippen molar-refractivity contribution in [2.75, 3.05) is 32.2 Å². The number of anilines is 1. The largest absolute Gasteiger partial charge is 0.504 e. The molecule has 0 unspecified atom stereocenters. The third-order valence-electron chi connectivity index (χ3n) is 5.91. The smallest absolute Gasteiger partial charge is 0.269 e. The van der Waals surface area contributed by atoms with E-state index in [4.69, 9.17) is 14.3 Å². The van der Waals surface area contributed by atoms with Crippen molar-refractivity contribution >= 4 is 17.3 Å². The first-order valence-corrected chi connectivity index (χ1v) is 10.3. The van der Waals surface area contributed by atoms with Gasteiger partial charge in [-0.3, -0.25) is 4.79 Å². The molecule has 0 bridgehead atoms. The summed E-state index contributed by atoms with van der Waals surface area (Å²) in [4.78, 5) is 20.7. The molecule has 164 valence electrons. The number of hydrogen-bond donors (Lipinski definition) is 2. The zero-order chi connectivity index (χ0) is 21.8. The van der Waals surface area contributed by atoms with E-state index in [9.17, 15) is 9.90 Å². The van der Waals surface area contributed by atoms with Gasteiger partial charge in [0, 0.05) is 44.6 Å². The lowest BCUT2D eigenvalue weighted by atomic mass is 9.86. The van der Waals surface area contributed by atoms with Crippen LogP contribution in [0.25, 0.3) is 0 Å². The zero-order valence-electron chi connectivity index (χ0n) is 17.8. The summed E-state index contributed by atoms with van der Waals surface area (Å²) in [6.07, 6.45) is 2.11. The number of phenolic OH excluding ortho intramolecular Hbond substituents is 1. The number of ether oxygens (including phenoxy) is 2. The molecule has 31 heavy (non-hydrogen) atoms. The summed E-state index contributed by atoms with van der Waals surface area (Å²) in [7, 11) is 3.15. The molecule has 0 radical (unpaired) electrons. The number of nitrogens with one attached hydrogen (secondary N) is 1. The third kappa shape index (κ3) is 4.52. The average molecular weight is 425 g/mol. The van der Waals surface area contributed by atoms with Gasteiger partial charge in [-0.1, -0.05) is 11.2 Å². The maximum absolute atomic E-state index is 12.6.